The fourth-order valence-electron chi connectivity index (χ4n) is 4.44. The van der Waals surface area contributed by atoms with Crippen molar-refractivity contribution in [3.8, 4) is 17.2 Å². The van der Waals surface area contributed by atoms with Crippen LogP contribution in [0, 0.1) is 13.8 Å². The van der Waals surface area contributed by atoms with Gasteiger partial charge in [-0.15, -0.1) is 5.10 Å². The summed E-state index contributed by atoms with van der Waals surface area (Å²) < 4.78 is 13.1. The van der Waals surface area contributed by atoms with Gasteiger partial charge in [-0.2, -0.15) is 4.68 Å². The van der Waals surface area contributed by atoms with Crippen LogP contribution < -0.4 is 9.47 Å². The first-order chi connectivity index (χ1) is 15.6. The van der Waals surface area contributed by atoms with Gasteiger partial charge in [0.15, 0.2) is 11.5 Å². The summed E-state index contributed by atoms with van der Waals surface area (Å²) in [5, 5.41) is 12.8. The van der Waals surface area contributed by atoms with Gasteiger partial charge in [-0.05, 0) is 65.9 Å². The number of amides is 1. The Kier molecular flexibility index (Phi) is 5.73. The van der Waals surface area contributed by atoms with Crippen molar-refractivity contribution >= 4 is 17.7 Å². The van der Waals surface area contributed by atoms with Crippen molar-refractivity contribution in [3.63, 3.8) is 0 Å². The summed E-state index contributed by atoms with van der Waals surface area (Å²) in [7, 11) is 0. The fraction of sp³-hybridized carbons (Fsp3) is 0.391. The third kappa shape index (κ3) is 3.92. The van der Waals surface area contributed by atoms with Crippen molar-refractivity contribution in [3.05, 3.63) is 53.1 Å². The molecule has 1 fully saturated rings. The number of hydrogen-bond acceptors (Lipinski definition) is 7. The molecule has 0 radical (unpaired) electrons. The standard InChI is InChI=1S/C23H25N5O3S/c1-15-5-3-6-16(2)22(15)28-23(24-25-26-28)32-14-21(29)27-10-4-7-18(27)17-8-9-19-20(13-17)31-12-11-30-19/h3,5-6,8-9,13,18H,4,7,10-12,14H2,1-2H3/t18-/m1/s1. The van der Waals surface area contributed by atoms with Crippen molar-refractivity contribution in [2.75, 3.05) is 25.5 Å². The van der Waals surface area contributed by atoms with E-state index in [1.54, 1.807) is 4.68 Å². The van der Waals surface area contributed by atoms with Gasteiger partial charge in [-0.1, -0.05) is 36.0 Å². The van der Waals surface area contributed by atoms with E-state index in [0.717, 1.165) is 53.3 Å². The van der Waals surface area contributed by atoms with Gasteiger partial charge in [-0.25, -0.2) is 0 Å². The Balaban J connectivity index is 1.30. The molecule has 2 aromatic carbocycles. The van der Waals surface area contributed by atoms with Crippen LogP contribution in [0.4, 0.5) is 0 Å². The molecule has 1 saturated heterocycles. The molecule has 2 aliphatic rings. The van der Waals surface area contributed by atoms with Crippen LogP contribution in [-0.4, -0.2) is 56.5 Å². The van der Waals surface area contributed by atoms with Crippen LogP contribution in [-0.2, 0) is 4.79 Å². The maximum atomic E-state index is 13.2. The molecule has 0 spiro atoms. The van der Waals surface area contributed by atoms with Gasteiger partial charge < -0.3 is 14.4 Å². The number of carbonyl (C=O) groups excluding carboxylic acids is 1. The summed E-state index contributed by atoms with van der Waals surface area (Å²) >= 11 is 1.37. The lowest BCUT2D eigenvalue weighted by Crippen LogP contribution is -2.32. The van der Waals surface area contributed by atoms with E-state index in [2.05, 4.69) is 15.5 Å². The fourth-order valence-corrected chi connectivity index (χ4v) is 5.20. The average Bonchev–Trinajstić information content (AvgIpc) is 3.47. The monoisotopic (exact) mass is 451 g/mol. The third-order valence-corrected chi connectivity index (χ3v) is 6.85. The van der Waals surface area contributed by atoms with Gasteiger partial charge >= 0.3 is 0 Å². The lowest BCUT2D eigenvalue weighted by Gasteiger charge is -2.26. The predicted octanol–water partition coefficient (Wildman–Crippen LogP) is 3.51. The second kappa shape index (κ2) is 8.82. The average molecular weight is 452 g/mol. The summed E-state index contributed by atoms with van der Waals surface area (Å²) in [4.78, 5) is 15.1. The van der Waals surface area contributed by atoms with Crippen LogP contribution in [0.2, 0.25) is 0 Å². The highest BCUT2D eigenvalue weighted by molar-refractivity contribution is 7.99. The van der Waals surface area contributed by atoms with Gasteiger partial charge in [0, 0.05) is 6.54 Å². The molecule has 166 valence electrons. The maximum Gasteiger partial charge on any atom is 0.233 e. The van der Waals surface area contributed by atoms with E-state index < -0.39 is 0 Å². The zero-order valence-corrected chi connectivity index (χ0v) is 19.0. The Morgan fingerprint density at radius 1 is 1.12 bits per heavy atom. The van der Waals surface area contributed by atoms with Crippen molar-refractivity contribution in [1.82, 2.24) is 25.1 Å². The van der Waals surface area contributed by atoms with Crippen molar-refractivity contribution in [2.45, 2.75) is 37.9 Å². The first-order valence-electron chi connectivity index (χ1n) is 10.8. The molecule has 0 aliphatic carbocycles. The van der Waals surface area contributed by atoms with E-state index in [-0.39, 0.29) is 17.7 Å². The molecule has 5 rings (SSSR count). The number of para-hydroxylation sites is 1. The molecule has 3 aromatic rings. The van der Waals surface area contributed by atoms with Crippen molar-refractivity contribution in [1.29, 1.82) is 0 Å². The minimum Gasteiger partial charge on any atom is -0.486 e. The molecule has 0 saturated carbocycles. The summed E-state index contributed by atoms with van der Waals surface area (Å²) in [5.41, 5.74) is 4.22. The Labute approximate surface area is 190 Å². The van der Waals surface area contributed by atoms with Crippen LogP contribution in [0.5, 0.6) is 11.5 Å². The third-order valence-electron chi connectivity index (χ3n) is 5.94. The van der Waals surface area contributed by atoms with E-state index in [1.807, 2.05) is 55.1 Å². The molecule has 32 heavy (non-hydrogen) atoms. The lowest BCUT2D eigenvalue weighted by atomic mass is 10.0. The van der Waals surface area contributed by atoms with Crippen LogP contribution in [0.25, 0.3) is 5.69 Å². The number of ether oxygens (including phenoxy) is 2. The first kappa shape index (κ1) is 20.8. The normalized spacial score (nSPS) is 17.6. The molecule has 0 N–H and O–H groups in total. The molecule has 0 unspecified atom stereocenters. The lowest BCUT2D eigenvalue weighted by molar-refractivity contribution is -0.129. The predicted molar refractivity (Wildman–Crippen MR) is 120 cm³/mol. The molecule has 8 nitrogen and oxygen atoms in total. The minimum atomic E-state index is 0.0496. The van der Waals surface area contributed by atoms with Gasteiger partial charge in [0.2, 0.25) is 11.1 Å². The topological polar surface area (TPSA) is 82.4 Å². The summed E-state index contributed by atoms with van der Waals surface area (Å²) in [6.45, 7) is 5.94. The van der Waals surface area contributed by atoms with Crippen LogP contribution >= 0.6 is 11.8 Å². The SMILES string of the molecule is Cc1cccc(C)c1-n1nnnc1SCC(=O)N1CCC[C@@H]1c1ccc2c(c1)OCCO2. The molecule has 3 heterocycles. The highest BCUT2D eigenvalue weighted by Crippen LogP contribution is 2.38. The number of hydrogen-bond donors (Lipinski definition) is 0. The Bertz CT molecular complexity index is 1130. The number of tetrazole rings is 1. The molecule has 2 aliphatic heterocycles. The van der Waals surface area contributed by atoms with Gasteiger partial charge in [0.05, 0.1) is 17.5 Å². The summed E-state index contributed by atoms with van der Waals surface area (Å²) in [6, 6.07) is 12.1. The van der Waals surface area contributed by atoms with Crippen LogP contribution in [0.1, 0.15) is 35.6 Å². The zero-order valence-electron chi connectivity index (χ0n) is 18.2. The van der Waals surface area contributed by atoms with E-state index >= 15 is 0 Å². The first-order valence-corrected chi connectivity index (χ1v) is 11.8. The number of aryl methyl sites for hydroxylation is 2. The molecule has 0 bridgehead atoms. The Hall–Kier alpha value is -3.07. The Morgan fingerprint density at radius 2 is 1.91 bits per heavy atom. The summed E-state index contributed by atoms with van der Waals surface area (Å²) in [6.07, 6.45) is 1.92. The number of nitrogens with zero attached hydrogens (tertiary/aromatic N) is 5. The van der Waals surface area contributed by atoms with E-state index in [9.17, 15) is 4.79 Å². The number of aromatic nitrogens is 4. The number of likely N-dealkylation sites (tertiary alicyclic amines) is 1. The van der Waals surface area contributed by atoms with Crippen molar-refractivity contribution < 1.29 is 14.3 Å². The second-order valence-electron chi connectivity index (χ2n) is 8.05. The van der Waals surface area contributed by atoms with Gasteiger partial charge in [0.1, 0.15) is 13.2 Å². The Morgan fingerprint density at radius 3 is 2.72 bits per heavy atom. The zero-order chi connectivity index (χ0) is 22.1. The highest BCUT2D eigenvalue weighted by atomic mass is 32.2. The van der Waals surface area contributed by atoms with Gasteiger partial charge in [-0.3, -0.25) is 4.79 Å². The smallest absolute Gasteiger partial charge is 0.233 e. The van der Waals surface area contributed by atoms with E-state index in [0.29, 0.717) is 18.4 Å². The van der Waals surface area contributed by atoms with Gasteiger partial charge in [0.25, 0.3) is 0 Å². The molecule has 1 aromatic heterocycles. The highest BCUT2D eigenvalue weighted by Gasteiger charge is 2.31. The largest absolute Gasteiger partial charge is 0.486 e. The molecular formula is C23H25N5O3S. The quantitative estimate of drug-likeness (QED) is 0.549. The summed E-state index contributed by atoms with van der Waals surface area (Å²) in [5.74, 6) is 1.90. The number of benzene rings is 2. The number of thioether (sulfide) groups is 1. The molecule has 1 atom stereocenters. The number of carbonyl (C=O) groups is 1. The van der Waals surface area contributed by atoms with Crippen molar-refractivity contribution in [2.24, 2.45) is 0 Å². The minimum absolute atomic E-state index is 0.0496. The van der Waals surface area contributed by atoms with E-state index in [4.69, 9.17) is 9.47 Å². The number of fused-ring (bicyclic) bond motifs is 1. The maximum absolute atomic E-state index is 13.2. The molecule has 1 amide bonds. The second-order valence-corrected chi connectivity index (χ2v) is 8.99. The van der Waals surface area contributed by atoms with E-state index in [1.165, 1.54) is 11.8 Å². The van der Waals surface area contributed by atoms with Crippen LogP contribution in [0.15, 0.2) is 41.6 Å². The molecular weight excluding hydrogens is 426 g/mol. The molecule has 9 heteroatoms. The van der Waals surface area contributed by atoms with Crippen LogP contribution in [0.3, 0.4) is 0 Å². The number of rotatable bonds is 5.